The Hall–Kier alpha value is -1.39. The maximum atomic E-state index is 5.67. The van der Waals surface area contributed by atoms with Gasteiger partial charge in [-0.15, -0.1) is 11.3 Å². The quantitative estimate of drug-likeness (QED) is 0.928. The molecule has 0 fully saturated rings. The Kier molecular flexibility index (Phi) is 3.80. The molecule has 4 heteroatoms. The fourth-order valence-corrected chi connectivity index (χ4v) is 3.17. The number of ether oxygens (including phenoxy) is 1. The molecule has 1 unspecified atom stereocenters. The van der Waals surface area contributed by atoms with Crippen LogP contribution in [0.3, 0.4) is 0 Å². The van der Waals surface area contributed by atoms with Crippen LogP contribution in [0, 0.1) is 0 Å². The van der Waals surface area contributed by atoms with E-state index in [4.69, 9.17) is 4.74 Å². The van der Waals surface area contributed by atoms with E-state index in [1.807, 2.05) is 18.3 Å². The van der Waals surface area contributed by atoms with E-state index in [-0.39, 0.29) is 0 Å². The van der Waals surface area contributed by atoms with Crippen LogP contribution in [0.4, 0.5) is 0 Å². The smallest absolute Gasteiger partial charge is 0.124 e. The zero-order chi connectivity index (χ0) is 13.1. The van der Waals surface area contributed by atoms with E-state index >= 15 is 0 Å². The molecule has 1 N–H and O–H groups in total. The summed E-state index contributed by atoms with van der Waals surface area (Å²) in [5.41, 5.74) is 1.26. The molecule has 2 aromatic rings. The number of nitrogens with one attached hydrogen (secondary N) is 1. The average Bonchev–Trinajstić information content (AvgIpc) is 2.93. The molecule has 0 bridgehead atoms. The van der Waals surface area contributed by atoms with Gasteiger partial charge >= 0.3 is 0 Å². The average molecular weight is 274 g/mol. The van der Waals surface area contributed by atoms with Gasteiger partial charge in [0.1, 0.15) is 10.8 Å². The minimum absolute atomic E-state index is 0.374. The van der Waals surface area contributed by atoms with E-state index in [1.165, 1.54) is 15.4 Å². The number of fused-ring (bicyclic) bond motifs is 1. The van der Waals surface area contributed by atoms with Crippen LogP contribution >= 0.6 is 11.3 Å². The molecule has 0 radical (unpaired) electrons. The Morgan fingerprint density at radius 3 is 3.16 bits per heavy atom. The highest BCUT2D eigenvalue weighted by Crippen LogP contribution is 2.31. The first-order chi connectivity index (χ1) is 9.36. The van der Waals surface area contributed by atoms with Crippen molar-refractivity contribution >= 4 is 11.3 Å². The van der Waals surface area contributed by atoms with Crippen LogP contribution in [0.25, 0.3) is 0 Å². The van der Waals surface area contributed by atoms with Crippen molar-refractivity contribution in [1.29, 1.82) is 0 Å². The summed E-state index contributed by atoms with van der Waals surface area (Å²) >= 11 is 1.80. The summed E-state index contributed by atoms with van der Waals surface area (Å²) in [5, 5.41) is 4.77. The summed E-state index contributed by atoms with van der Waals surface area (Å²) in [7, 11) is 0. The number of aryl methyl sites for hydroxylation is 1. The molecule has 0 spiro atoms. The van der Waals surface area contributed by atoms with Gasteiger partial charge in [-0.1, -0.05) is 25.1 Å². The highest BCUT2D eigenvalue weighted by atomic mass is 32.1. The van der Waals surface area contributed by atoms with E-state index in [1.54, 1.807) is 11.3 Å². The molecule has 2 heterocycles. The maximum Gasteiger partial charge on any atom is 0.124 e. The van der Waals surface area contributed by atoms with Gasteiger partial charge in [-0.25, -0.2) is 4.98 Å². The molecule has 19 heavy (non-hydrogen) atoms. The zero-order valence-corrected chi connectivity index (χ0v) is 11.9. The Labute approximate surface area is 117 Å². The van der Waals surface area contributed by atoms with Crippen LogP contribution in [0.1, 0.15) is 34.8 Å². The second kappa shape index (κ2) is 5.72. The molecule has 100 valence electrons. The molecule has 0 saturated heterocycles. The van der Waals surface area contributed by atoms with Crippen LogP contribution in [0.5, 0.6) is 5.75 Å². The number of para-hydroxylation sites is 1. The molecule has 0 saturated carbocycles. The van der Waals surface area contributed by atoms with Gasteiger partial charge in [0, 0.05) is 35.6 Å². The fraction of sp³-hybridized carbons (Fsp3) is 0.400. The number of rotatable bonds is 4. The molecule has 1 atom stereocenters. The molecule has 1 aliphatic heterocycles. The van der Waals surface area contributed by atoms with Crippen LogP contribution in [0.15, 0.2) is 30.5 Å². The Balaban J connectivity index is 1.68. The fourth-order valence-electron chi connectivity index (χ4n) is 2.36. The van der Waals surface area contributed by atoms with Crippen molar-refractivity contribution in [3.05, 3.63) is 45.9 Å². The summed E-state index contributed by atoms with van der Waals surface area (Å²) in [6.45, 7) is 3.79. The van der Waals surface area contributed by atoms with Crippen molar-refractivity contribution in [1.82, 2.24) is 10.3 Å². The monoisotopic (exact) mass is 274 g/mol. The highest BCUT2D eigenvalue weighted by molar-refractivity contribution is 7.11. The van der Waals surface area contributed by atoms with E-state index in [2.05, 4.69) is 29.4 Å². The Bertz CT molecular complexity index is 553. The number of thiazole rings is 1. The summed E-state index contributed by atoms with van der Waals surface area (Å²) in [6.07, 6.45) is 4.07. The largest absolute Gasteiger partial charge is 0.493 e. The van der Waals surface area contributed by atoms with Crippen LogP contribution < -0.4 is 10.1 Å². The zero-order valence-electron chi connectivity index (χ0n) is 11.1. The van der Waals surface area contributed by atoms with E-state index < -0.39 is 0 Å². The number of benzene rings is 1. The van der Waals surface area contributed by atoms with Crippen molar-refractivity contribution in [3.8, 4) is 5.75 Å². The third kappa shape index (κ3) is 2.80. The molecule has 3 nitrogen and oxygen atoms in total. The van der Waals surface area contributed by atoms with Crippen molar-refractivity contribution in [2.45, 2.75) is 32.4 Å². The lowest BCUT2D eigenvalue weighted by Crippen LogP contribution is -2.26. The molecule has 0 aliphatic carbocycles. The molecular weight excluding hydrogens is 256 g/mol. The predicted octanol–water partition coefficient (Wildman–Crippen LogP) is 3.32. The lowest BCUT2D eigenvalue weighted by Gasteiger charge is -2.26. The lowest BCUT2D eigenvalue weighted by molar-refractivity contribution is 0.252. The van der Waals surface area contributed by atoms with Gasteiger partial charge in [0.2, 0.25) is 0 Å². The Morgan fingerprint density at radius 1 is 1.42 bits per heavy atom. The minimum atomic E-state index is 0.374. The van der Waals surface area contributed by atoms with E-state index in [0.717, 1.165) is 31.7 Å². The normalized spacial score (nSPS) is 17.8. The molecule has 1 aromatic carbocycles. The number of nitrogens with zero attached hydrogens (tertiary/aromatic N) is 1. The van der Waals surface area contributed by atoms with Gasteiger partial charge in [0.05, 0.1) is 6.61 Å². The van der Waals surface area contributed by atoms with Crippen molar-refractivity contribution in [2.24, 2.45) is 0 Å². The topological polar surface area (TPSA) is 34.2 Å². The third-order valence-electron chi connectivity index (χ3n) is 3.41. The molecule has 0 amide bonds. The van der Waals surface area contributed by atoms with Gasteiger partial charge in [-0.3, -0.25) is 0 Å². The maximum absolute atomic E-state index is 5.67. The van der Waals surface area contributed by atoms with Crippen molar-refractivity contribution < 1.29 is 4.74 Å². The van der Waals surface area contributed by atoms with Crippen LogP contribution in [-0.4, -0.2) is 11.6 Å². The van der Waals surface area contributed by atoms with E-state index in [0.29, 0.717) is 6.04 Å². The summed E-state index contributed by atoms with van der Waals surface area (Å²) < 4.78 is 5.67. The first kappa shape index (κ1) is 12.6. The SMILES string of the molecule is CCc1cnc(CNC2CCOc3ccccc32)s1. The summed E-state index contributed by atoms with van der Waals surface area (Å²) in [4.78, 5) is 5.80. The number of hydrogen-bond donors (Lipinski definition) is 1. The minimum Gasteiger partial charge on any atom is -0.493 e. The van der Waals surface area contributed by atoms with Gasteiger partial charge in [0.15, 0.2) is 0 Å². The van der Waals surface area contributed by atoms with Crippen LogP contribution in [0.2, 0.25) is 0 Å². The summed E-state index contributed by atoms with van der Waals surface area (Å²) in [6, 6.07) is 8.66. The van der Waals surface area contributed by atoms with Gasteiger partial charge in [0.25, 0.3) is 0 Å². The number of aromatic nitrogens is 1. The molecule has 1 aliphatic rings. The molecular formula is C15H18N2OS. The van der Waals surface area contributed by atoms with Gasteiger partial charge in [-0.05, 0) is 12.5 Å². The van der Waals surface area contributed by atoms with Crippen LogP contribution in [-0.2, 0) is 13.0 Å². The second-order valence-corrected chi connectivity index (χ2v) is 5.88. The molecule has 3 rings (SSSR count). The van der Waals surface area contributed by atoms with Crippen molar-refractivity contribution in [3.63, 3.8) is 0 Å². The standard InChI is InChI=1S/C15H18N2OS/c1-2-11-9-17-15(19-11)10-16-13-7-8-18-14-6-4-3-5-12(13)14/h3-6,9,13,16H,2,7-8,10H2,1H3. The first-order valence-electron chi connectivity index (χ1n) is 6.75. The lowest BCUT2D eigenvalue weighted by atomic mass is 10.0. The predicted molar refractivity (Wildman–Crippen MR) is 77.6 cm³/mol. The van der Waals surface area contributed by atoms with Gasteiger partial charge < -0.3 is 10.1 Å². The third-order valence-corrected chi connectivity index (χ3v) is 4.55. The summed E-state index contributed by atoms with van der Waals surface area (Å²) in [5.74, 6) is 1.01. The van der Waals surface area contributed by atoms with Crippen molar-refractivity contribution in [2.75, 3.05) is 6.61 Å². The van der Waals surface area contributed by atoms with Gasteiger partial charge in [-0.2, -0.15) is 0 Å². The van der Waals surface area contributed by atoms with E-state index in [9.17, 15) is 0 Å². The highest BCUT2D eigenvalue weighted by Gasteiger charge is 2.20. The second-order valence-electron chi connectivity index (χ2n) is 4.68. The number of hydrogen-bond acceptors (Lipinski definition) is 4. The first-order valence-corrected chi connectivity index (χ1v) is 7.57. The molecule has 1 aromatic heterocycles. The Morgan fingerprint density at radius 2 is 2.32 bits per heavy atom.